The van der Waals surface area contributed by atoms with E-state index in [2.05, 4.69) is 10.3 Å². The van der Waals surface area contributed by atoms with Gasteiger partial charge in [-0.2, -0.15) is 11.8 Å². The molecule has 2 N–H and O–H groups in total. The standard InChI is InChI=1S/C9H15ClN2OS2/c1-9(13,6-14-2)5-11-4-8-12-3-7(10)15-8/h3,11,13H,4-6H2,1-2H3. The fourth-order valence-electron chi connectivity index (χ4n) is 1.17. The second-order valence-corrected chi connectivity index (χ2v) is 6.20. The van der Waals surface area contributed by atoms with E-state index < -0.39 is 5.60 Å². The van der Waals surface area contributed by atoms with Crippen LogP contribution in [-0.4, -0.2) is 34.2 Å². The molecule has 0 aromatic carbocycles. The van der Waals surface area contributed by atoms with Crippen molar-refractivity contribution in [2.24, 2.45) is 0 Å². The summed E-state index contributed by atoms with van der Waals surface area (Å²) < 4.78 is 0.697. The number of hydrogen-bond acceptors (Lipinski definition) is 5. The van der Waals surface area contributed by atoms with E-state index in [-0.39, 0.29) is 0 Å². The molecule has 0 spiro atoms. The monoisotopic (exact) mass is 266 g/mol. The fourth-order valence-corrected chi connectivity index (χ4v) is 2.82. The molecular formula is C9H15ClN2OS2. The summed E-state index contributed by atoms with van der Waals surface area (Å²) in [5, 5.41) is 14.0. The third kappa shape index (κ3) is 5.17. The molecule has 3 nitrogen and oxygen atoms in total. The predicted molar refractivity (Wildman–Crippen MR) is 67.8 cm³/mol. The third-order valence-electron chi connectivity index (χ3n) is 1.76. The maximum absolute atomic E-state index is 9.87. The topological polar surface area (TPSA) is 45.1 Å². The lowest BCUT2D eigenvalue weighted by Crippen LogP contribution is -2.39. The molecule has 0 fully saturated rings. The molecule has 1 heterocycles. The van der Waals surface area contributed by atoms with Gasteiger partial charge in [-0.25, -0.2) is 4.98 Å². The number of nitrogens with one attached hydrogen (secondary N) is 1. The second kappa shape index (κ2) is 6.06. The number of thiazole rings is 1. The molecule has 0 bridgehead atoms. The molecule has 15 heavy (non-hydrogen) atoms. The number of hydrogen-bond donors (Lipinski definition) is 2. The van der Waals surface area contributed by atoms with Gasteiger partial charge in [-0.05, 0) is 13.2 Å². The first kappa shape index (κ1) is 13.3. The molecule has 6 heteroatoms. The Morgan fingerprint density at radius 1 is 1.73 bits per heavy atom. The molecule has 86 valence electrons. The van der Waals surface area contributed by atoms with Crippen LogP contribution in [0.2, 0.25) is 4.34 Å². The Labute approximate surface area is 103 Å². The van der Waals surface area contributed by atoms with Crippen molar-refractivity contribution in [3.05, 3.63) is 15.5 Å². The van der Waals surface area contributed by atoms with Crippen LogP contribution in [0, 0.1) is 0 Å². The Bertz CT molecular complexity index is 304. The molecule has 0 aliphatic carbocycles. The Kier molecular flexibility index (Phi) is 5.35. The molecular weight excluding hydrogens is 252 g/mol. The molecule has 1 aromatic rings. The van der Waals surface area contributed by atoms with Crippen LogP contribution in [-0.2, 0) is 6.54 Å². The maximum atomic E-state index is 9.87. The van der Waals surface area contributed by atoms with Crippen molar-refractivity contribution < 1.29 is 5.11 Å². The quantitative estimate of drug-likeness (QED) is 0.827. The lowest BCUT2D eigenvalue weighted by Gasteiger charge is -2.22. The van der Waals surface area contributed by atoms with Gasteiger partial charge >= 0.3 is 0 Å². The highest BCUT2D eigenvalue weighted by atomic mass is 35.5. The predicted octanol–water partition coefficient (Wildman–Crippen LogP) is 2.00. The lowest BCUT2D eigenvalue weighted by molar-refractivity contribution is 0.0846. The molecule has 1 atom stereocenters. The van der Waals surface area contributed by atoms with Gasteiger partial charge in [0.05, 0.1) is 11.8 Å². The first-order chi connectivity index (χ1) is 7.03. The normalized spacial score (nSPS) is 15.2. The summed E-state index contributed by atoms with van der Waals surface area (Å²) in [4.78, 5) is 4.12. The van der Waals surface area contributed by atoms with Crippen LogP contribution >= 0.6 is 34.7 Å². The van der Waals surface area contributed by atoms with Gasteiger partial charge in [0.2, 0.25) is 0 Å². The van der Waals surface area contributed by atoms with E-state index in [1.54, 1.807) is 18.0 Å². The average Bonchev–Trinajstić information content (AvgIpc) is 2.51. The fraction of sp³-hybridized carbons (Fsp3) is 0.667. The highest BCUT2D eigenvalue weighted by Gasteiger charge is 2.18. The number of thioether (sulfide) groups is 1. The summed E-state index contributed by atoms with van der Waals surface area (Å²) in [5.74, 6) is 0.721. The lowest BCUT2D eigenvalue weighted by atomic mass is 10.1. The largest absolute Gasteiger partial charge is 0.388 e. The van der Waals surface area contributed by atoms with Crippen LogP contribution in [0.15, 0.2) is 6.20 Å². The zero-order valence-corrected chi connectivity index (χ0v) is 11.2. The van der Waals surface area contributed by atoms with Crippen molar-refractivity contribution in [3.63, 3.8) is 0 Å². The number of rotatable bonds is 6. The van der Waals surface area contributed by atoms with Crippen LogP contribution in [0.1, 0.15) is 11.9 Å². The minimum atomic E-state index is -0.666. The highest BCUT2D eigenvalue weighted by molar-refractivity contribution is 7.98. The summed E-state index contributed by atoms with van der Waals surface area (Å²) in [6.07, 6.45) is 3.62. The zero-order chi connectivity index (χ0) is 11.3. The van der Waals surface area contributed by atoms with Crippen LogP contribution < -0.4 is 5.32 Å². The van der Waals surface area contributed by atoms with Gasteiger partial charge in [-0.15, -0.1) is 11.3 Å². The van der Waals surface area contributed by atoms with Crippen molar-refractivity contribution in [1.82, 2.24) is 10.3 Å². The molecule has 1 rings (SSSR count). The second-order valence-electron chi connectivity index (χ2n) is 3.59. The summed E-state index contributed by atoms with van der Waals surface area (Å²) in [5.41, 5.74) is -0.666. The average molecular weight is 267 g/mol. The summed E-state index contributed by atoms with van der Waals surface area (Å²) in [6, 6.07) is 0. The van der Waals surface area contributed by atoms with Crippen molar-refractivity contribution in [2.45, 2.75) is 19.1 Å². The van der Waals surface area contributed by atoms with Crippen molar-refractivity contribution in [2.75, 3.05) is 18.6 Å². The van der Waals surface area contributed by atoms with Gasteiger partial charge in [-0.3, -0.25) is 0 Å². The number of halogens is 1. The number of aliphatic hydroxyl groups is 1. The van der Waals surface area contributed by atoms with E-state index in [0.717, 1.165) is 10.8 Å². The number of aromatic nitrogens is 1. The van der Waals surface area contributed by atoms with Gasteiger partial charge in [-0.1, -0.05) is 11.6 Å². The minimum Gasteiger partial charge on any atom is -0.388 e. The summed E-state index contributed by atoms with van der Waals surface area (Å²) in [7, 11) is 0. The van der Waals surface area contributed by atoms with E-state index in [1.165, 1.54) is 11.3 Å². The van der Waals surface area contributed by atoms with Gasteiger partial charge in [0, 0.05) is 18.8 Å². The van der Waals surface area contributed by atoms with Gasteiger partial charge < -0.3 is 10.4 Å². The van der Waals surface area contributed by atoms with E-state index in [0.29, 0.717) is 17.4 Å². The Morgan fingerprint density at radius 3 is 3.00 bits per heavy atom. The molecule has 0 saturated carbocycles. The van der Waals surface area contributed by atoms with Crippen LogP contribution in [0.4, 0.5) is 0 Å². The minimum absolute atomic E-state index is 0.561. The molecule has 0 aliphatic rings. The Hall–Kier alpha value is 0.190. The molecule has 1 unspecified atom stereocenters. The SMILES string of the molecule is CSCC(C)(O)CNCc1ncc(Cl)s1. The van der Waals surface area contributed by atoms with Crippen LogP contribution in [0.5, 0.6) is 0 Å². The molecule has 0 aliphatic heterocycles. The molecule has 1 aromatic heterocycles. The van der Waals surface area contributed by atoms with E-state index >= 15 is 0 Å². The summed E-state index contributed by atoms with van der Waals surface area (Å²) in [6.45, 7) is 3.04. The van der Waals surface area contributed by atoms with Gasteiger partial charge in [0.25, 0.3) is 0 Å². The van der Waals surface area contributed by atoms with Crippen LogP contribution in [0.25, 0.3) is 0 Å². The number of nitrogens with zero attached hydrogens (tertiary/aromatic N) is 1. The van der Waals surface area contributed by atoms with Gasteiger partial charge in [0.15, 0.2) is 0 Å². The van der Waals surface area contributed by atoms with Gasteiger partial charge in [0.1, 0.15) is 9.34 Å². The Balaban J connectivity index is 2.27. The van der Waals surface area contributed by atoms with Crippen molar-refractivity contribution in [3.8, 4) is 0 Å². The van der Waals surface area contributed by atoms with Crippen molar-refractivity contribution >= 4 is 34.7 Å². The molecule has 0 radical (unpaired) electrons. The Morgan fingerprint density at radius 2 is 2.47 bits per heavy atom. The highest BCUT2D eigenvalue weighted by Crippen LogP contribution is 2.18. The zero-order valence-electron chi connectivity index (χ0n) is 8.79. The van der Waals surface area contributed by atoms with E-state index in [9.17, 15) is 5.11 Å². The first-order valence-corrected chi connectivity index (χ1v) is 7.14. The van der Waals surface area contributed by atoms with Crippen LogP contribution in [0.3, 0.4) is 0 Å². The van der Waals surface area contributed by atoms with E-state index in [1.807, 2.05) is 13.2 Å². The first-order valence-electron chi connectivity index (χ1n) is 4.56. The smallest absolute Gasteiger partial charge is 0.113 e. The summed E-state index contributed by atoms with van der Waals surface area (Å²) >= 11 is 8.85. The third-order valence-corrected chi connectivity index (χ3v) is 3.79. The molecule has 0 saturated heterocycles. The maximum Gasteiger partial charge on any atom is 0.113 e. The molecule has 0 amide bonds. The van der Waals surface area contributed by atoms with Crippen molar-refractivity contribution in [1.29, 1.82) is 0 Å². The van der Waals surface area contributed by atoms with E-state index in [4.69, 9.17) is 11.6 Å².